The van der Waals surface area contributed by atoms with Crippen LogP contribution in [-0.2, 0) is 9.59 Å². The Bertz CT molecular complexity index is 2430. The lowest BCUT2D eigenvalue weighted by molar-refractivity contribution is -0.136. The molecule has 4 fully saturated rings. The number of amides is 5. The van der Waals surface area contributed by atoms with Gasteiger partial charge in [-0.25, -0.2) is 4.98 Å². The van der Waals surface area contributed by atoms with E-state index < -0.39 is 29.7 Å². The van der Waals surface area contributed by atoms with Crippen LogP contribution in [0.3, 0.4) is 0 Å². The molecule has 60 heavy (non-hydrogen) atoms. The maximum atomic E-state index is 13.3. The third-order valence-electron chi connectivity index (χ3n) is 13.2. The molecule has 1 unspecified atom stereocenters. The number of carbonyl (C=O) groups excluding carboxylic acids is 5. The van der Waals surface area contributed by atoms with Crippen LogP contribution in [0.4, 0.5) is 11.5 Å². The minimum absolute atomic E-state index is 0.0731. The maximum absolute atomic E-state index is 13.3. The number of benzene rings is 2. The molecule has 1 aliphatic carbocycles. The first-order chi connectivity index (χ1) is 29.0. The van der Waals surface area contributed by atoms with E-state index in [0.717, 1.165) is 80.4 Å². The van der Waals surface area contributed by atoms with Gasteiger partial charge in [-0.2, -0.15) is 5.26 Å². The van der Waals surface area contributed by atoms with Crippen LogP contribution in [0.15, 0.2) is 67.0 Å². The molecule has 2 aromatic carbocycles. The van der Waals surface area contributed by atoms with Gasteiger partial charge in [0, 0.05) is 93.6 Å². The molecule has 0 spiro atoms. The van der Waals surface area contributed by atoms with Gasteiger partial charge in [0.15, 0.2) is 0 Å². The summed E-state index contributed by atoms with van der Waals surface area (Å²) in [5.41, 5.74) is 2.79. The molecule has 6 heterocycles. The van der Waals surface area contributed by atoms with Gasteiger partial charge in [-0.3, -0.25) is 44.1 Å². The van der Waals surface area contributed by atoms with Gasteiger partial charge < -0.3 is 19.9 Å². The van der Waals surface area contributed by atoms with Gasteiger partial charge in [-0.05, 0) is 79.8 Å². The molecule has 15 heteroatoms. The number of nitrogens with zero attached hydrogens (tertiary/aromatic N) is 7. The number of piperidine rings is 2. The summed E-state index contributed by atoms with van der Waals surface area (Å²) in [6.45, 7) is 10.3. The number of ether oxygens (including phenoxy) is 1. The Morgan fingerprint density at radius 3 is 2.42 bits per heavy atom. The van der Waals surface area contributed by atoms with Gasteiger partial charge in [0.05, 0.1) is 27.8 Å². The molecular weight excluding hydrogens is 763 g/mol. The van der Waals surface area contributed by atoms with Crippen molar-refractivity contribution < 1.29 is 28.7 Å². The molecule has 4 aromatic rings. The van der Waals surface area contributed by atoms with Crippen LogP contribution in [0, 0.1) is 22.7 Å². The van der Waals surface area contributed by atoms with E-state index in [0.29, 0.717) is 45.9 Å². The largest absolute Gasteiger partial charge is 0.489 e. The number of aromatic nitrogens is 2. The minimum Gasteiger partial charge on any atom is -0.489 e. The number of nitriles is 1. The summed E-state index contributed by atoms with van der Waals surface area (Å²) in [4.78, 5) is 81.0. The van der Waals surface area contributed by atoms with E-state index in [9.17, 15) is 29.2 Å². The first-order valence-electron chi connectivity index (χ1n) is 20.8. The van der Waals surface area contributed by atoms with Crippen molar-refractivity contribution in [3.63, 3.8) is 0 Å². The number of hydrogen-bond donors (Lipinski definition) is 2. The highest BCUT2D eigenvalue weighted by atomic mass is 16.5. The average Bonchev–Trinajstić information content (AvgIpc) is 3.51. The van der Waals surface area contributed by atoms with E-state index >= 15 is 0 Å². The SMILES string of the molecule is CC1(C)[C@@H](NC(=O)c2ccc(N3CCC(CN4CCN(c5ccc6c(c5)C(=O)N(C5CCC(=O)NC5=O)C6=O)CC4)CC3)nc2)C[C@H]1Oc1ccc(C#N)c2ncccc12. The summed E-state index contributed by atoms with van der Waals surface area (Å²) >= 11 is 0. The molecule has 3 atom stereocenters. The maximum Gasteiger partial charge on any atom is 0.262 e. The number of imide groups is 2. The number of anilines is 2. The molecular formula is C45H47N9O6. The number of piperazine rings is 1. The fraction of sp³-hybridized carbons (Fsp3) is 0.422. The minimum atomic E-state index is -0.977. The summed E-state index contributed by atoms with van der Waals surface area (Å²) in [6.07, 6.45) is 6.18. The fourth-order valence-electron chi connectivity index (χ4n) is 9.33. The molecule has 15 nitrogen and oxygen atoms in total. The highest BCUT2D eigenvalue weighted by molar-refractivity contribution is 6.23. The Morgan fingerprint density at radius 2 is 1.70 bits per heavy atom. The second kappa shape index (κ2) is 15.6. The molecule has 5 amide bonds. The molecule has 0 radical (unpaired) electrons. The first-order valence-corrected chi connectivity index (χ1v) is 20.8. The zero-order valence-corrected chi connectivity index (χ0v) is 33.7. The van der Waals surface area contributed by atoms with Gasteiger partial charge >= 0.3 is 0 Å². The Kier molecular flexibility index (Phi) is 10.2. The van der Waals surface area contributed by atoms with Crippen molar-refractivity contribution in [2.45, 2.75) is 64.1 Å². The lowest BCUT2D eigenvalue weighted by Gasteiger charge is -2.51. The monoisotopic (exact) mass is 809 g/mol. The predicted octanol–water partition coefficient (Wildman–Crippen LogP) is 3.92. The van der Waals surface area contributed by atoms with Crippen molar-refractivity contribution in [1.82, 2.24) is 30.4 Å². The molecule has 2 N–H and O–H groups in total. The number of fused-ring (bicyclic) bond motifs is 2. The lowest BCUT2D eigenvalue weighted by atomic mass is 9.64. The standard InChI is InChI=1S/C45H47N9O6/c1-45(2)36(23-37(45)60-35-10-5-28(24-46)40-32(35)4-3-15-47-40)49-41(56)29-6-11-38(48-25-29)53-16-13-27(14-17-53)26-51-18-20-52(21-19-51)30-7-8-31-33(22-30)44(59)54(43(31)58)34-9-12-39(55)50-42(34)57/h3-8,10-11,15,22,25,27,34,36-37H,9,12-14,16-21,23,26H2,1-2H3,(H,49,56)(H,50,55,57)/t34?,36-,37+/m0/s1. The van der Waals surface area contributed by atoms with Crippen molar-refractivity contribution in [3.8, 4) is 11.8 Å². The Balaban J connectivity index is 0.721. The molecule has 5 aliphatic rings. The quantitative estimate of drug-likeness (QED) is 0.233. The molecule has 3 saturated heterocycles. The van der Waals surface area contributed by atoms with E-state index in [1.807, 2.05) is 36.4 Å². The molecule has 308 valence electrons. The smallest absolute Gasteiger partial charge is 0.262 e. The van der Waals surface area contributed by atoms with Gasteiger partial charge in [0.2, 0.25) is 11.8 Å². The number of pyridine rings is 2. The molecule has 2 aromatic heterocycles. The molecule has 0 bridgehead atoms. The summed E-state index contributed by atoms with van der Waals surface area (Å²) in [7, 11) is 0. The van der Waals surface area contributed by atoms with Gasteiger partial charge in [-0.15, -0.1) is 0 Å². The van der Waals surface area contributed by atoms with E-state index in [1.165, 1.54) is 0 Å². The summed E-state index contributed by atoms with van der Waals surface area (Å²) < 4.78 is 6.43. The third-order valence-corrected chi connectivity index (χ3v) is 13.2. The van der Waals surface area contributed by atoms with Crippen molar-refractivity contribution in [3.05, 3.63) is 89.2 Å². The summed E-state index contributed by atoms with van der Waals surface area (Å²) in [5, 5.41) is 15.7. The van der Waals surface area contributed by atoms with Crippen molar-refractivity contribution in [1.29, 1.82) is 5.26 Å². The first kappa shape index (κ1) is 39.1. The fourth-order valence-corrected chi connectivity index (χ4v) is 9.33. The zero-order valence-electron chi connectivity index (χ0n) is 33.7. The second-order valence-corrected chi connectivity index (χ2v) is 17.1. The number of nitrogens with one attached hydrogen (secondary N) is 2. The highest BCUT2D eigenvalue weighted by Gasteiger charge is 2.51. The molecule has 1 saturated carbocycles. The molecule has 9 rings (SSSR count). The Morgan fingerprint density at radius 1 is 0.917 bits per heavy atom. The zero-order chi connectivity index (χ0) is 41.7. The topological polar surface area (TPSA) is 181 Å². The second-order valence-electron chi connectivity index (χ2n) is 17.1. The van der Waals surface area contributed by atoms with Gasteiger partial charge in [0.25, 0.3) is 17.7 Å². The van der Waals surface area contributed by atoms with Crippen LogP contribution in [0.1, 0.15) is 82.6 Å². The molecule has 4 aliphatic heterocycles. The van der Waals surface area contributed by atoms with Crippen molar-refractivity contribution >= 4 is 51.9 Å². The number of rotatable bonds is 9. The third kappa shape index (κ3) is 7.19. The van der Waals surface area contributed by atoms with Crippen LogP contribution >= 0.6 is 0 Å². The van der Waals surface area contributed by atoms with Crippen LogP contribution in [-0.4, -0.2) is 113 Å². The van der Waals surface area contributed by atoms with Crippen molar-refractivity contribution in [2.24, 2.45) is 11.3 Å². The number of carbonyl (C=O) groups is 5. The van der Waals surface area contributed by atoms with Crippen LogP contribution in [0.2, 0.25) is 0 Å². The van der Waals surface area contributed by atoms with Gasteiger partial charge in [-0.1, -0.05) is 13.8 Å². The average molecular weight is 810 g/mol. The normalized spacial score (nSPS) is 23.2. The van der Waals surface area contributed by atoms with Crippen molar-refractivity contribution in [2.75, 3.05) is 55.6 Å². The van der Waals surface area contributed by atoms with E-state index in [2.05, 4.69) is 50.2 Å². The Hall–Kier alpha value is -6.40. The predicted molar refractivity (Wildman–Crippen MR) is 221 cm³/mol. The van der Waals surface area contributed by atoms with Gasteiger partial charge in [0.1, 0.15) is 29.8 Å². The van der Waals surface area contributed by atoms with E-state index in [4.69, 9.17) is 9.72 Å². The summed E-state index contributed by atoms with van der Waals surface area (Å²) in [6, 6.07) is 17.5. The van der Waals surface area contributed by atoms with E-state index in [-0.39, 0.29) is 36.3 Å². The Labute approximate surface area is 347 Å². The lowest BCUT2D eigenvalue weighted by Crippen LogP contribution is -2.63. The number of hydrogen-bond acceptors (Lipinski definition) is 12. The van der Waals surface area contributed by atoms with Crippen LogP contribution in [0.5, 0.6) is 5.75 Å². The highest BCUT2D eigenvalue weighted by Crippen LogP contribution is 2.44. The summed E-state index contributed by atoms with van der Waals surface area (Å²) in [5.74, 6) is -0.0356. The van der Waals surface area contributed by atoms with E-state index in [1.54, 1.807) is 30.6 Å². The van der Waals surface area contributed by atoms with Crippen LogP contribution < -0.4 is 25.2 Å². The van der Waals surface area contributed by atoms with Crippen LogP contribution in [0.25, 0.3) is 10.9 Å².